The van der Waals surface area contributed by atoms with E-state index in [4.69, 9.17) is 9.73 Å². The first-order valence-corrected chi connectivity index (χ1v) is 8.38. The lowest BCUT2D eigenvalue weighted by molar-refractivity contribution is 0.206. The summed E-state index contributed by atoms with van der Waals surface area (Å²) in [6, 6.07) is 15.0. The van der Waals surface area contributed by atoms with Gasteiger partial charge in [0.15, 0.2) is 0 Å². The van der Waals surface area contributed by atoms with Gasteiger partial charge in [-0.1, -0.05) is 29.5 Å². The summed E-state index contributed by atoms with van der Waals surface area (Å²) in [5, 5.41) is 8.52. The Morgan fingerprint density at radius 2 is 2.04 bits per heavy atom. The van der Waals surface area contributed by atoms with Crippen LogP contribution >= 0.6 is 0 Å². The monoisotopic (exact) mass is 318 g/mol. The number of hydrogen-bond acceptors (Lipinski definition) is 4. The van der Waals surface area contributed by atoms with Gasteiger partial charge in [-0.15, -0.1) is 5.10 Å². The molecule has 1 aliphatic heterocycles. The molecular formula is C19H18N4O. The number of hydrogen-bond donors (Lipinski definition) is 0. The van der Waals surface area contributed by atoms with E-state index in [0.29, 0.717) is 0 Å². The number of benzene rings is 2. The molecule has 2 heterocycles. The third-order valence-electron chi connectivity index (χ3n) is 4.87. The predicted octanol–water partition coefficient (Wildman–Crippen LogP) is 3.46. The molecule has 0 spiro atoms. The Morgan fingerprint density at radius 1 is 1.17 bits per heavy atom. The summed E-state index contributed by atoms with van der Waals surface area (Å²) in [5.41, 5.74) is 5.54. The summed E-state index contributed by atoms with van der Waals surface area (Å²) in [6.07, 6.45) is 1.05. The highest BCUT2D eigenvalue weighted by molar-refractivity contribution is 5.98. The number of fused-ring (bicyclic) bond motifs is 4. The number of rotatable bonds is 2. The molecule has 0 bridgehead atoms. The van der Waals surface area contributed by atoms with Crippen LogP contribution in [0.5, 0.6) is 0 Å². The van der Waals surface area contributed by atoms with Crippen LogP contribution in [0.4, 0.5) is 0 Å². The minimum absolute atomic E-state index is 0.123. The Labute approximate surface area is 140 Å². The molecule has 120 valence electrons. The Morgan fingerprint density at radius 3 is 2.92 bits per heavy atom. The minimum Gasteiger partial charge on any atom is -0.471 e. The average Bonchev–Trinajstić information content (AvgIpc) is 3.26. The largest absolute Gasteiger partial charge is 0.471 e. The SMILES string of the molecule is CC(C)n1nnc2cc(C3=NC4c5ccccc5CC4O3)ccc21. The minimum atomic E-state index is 0.123. The number of aliphatic imine (C=N–C) groups is 1. The lowest BCUT2D eigenvalue weighted by Crippen LogP contribution is -2.13. The molecule has 2 aliphatic rings. The van der Waals surface area contributed by atoms with Gasteiger partial charge in [-0.3, -0.25) is 0 Å². The van der Waals surface area contributed by atoms with Crippen molar-refractivity contribution >= 4 is 16.9 Å². The Hall–Kier alpha value is -2.69. The normalized spacial score (nSPS) is 21.7. The van der Waals surface area contributed by atoms with Crippen LogP contribution in [0.1, 0.15) is 42.6 Å². The van der Waals surface area contributed by atoms with Gasteiger partial charge < -0.3 is 4.74 Å². The summed E-state index contributed by atoms with van der Waals surface area (Å²) >= 11 is 0. The van der Waals surface area contributed by atoms with Crippen molar-refractivity contribution in [2.75, 3.05) is 0 Å². The van der Waals surface area contributed by atoms with Crippen LogP contribution in [-0.4, -0.2) is 27.0 Å². The highest BCUT2D eigenvalue weighted by atomic mass is 16.5. The molecule has 0 N–H and O–H groups in total. The van der Waals surface area contributed by atoms with E-state index < -0.39 is 0 Å². The molecule has 2 atom stereocenters. The van der Waals surface area contributed by atoms with E-state index in [9.17, 15) is 0 Å². The Bertz CT molecular complexity index is 972. The highest BCUT2D eigenvalue weighted by Crippen LogP contribution is 2.40. The quantitative estimate of drug-likeness (QED) is 0.727. The lowest BCUT2D eigenvalue weighted by Gasteiger charge is -2.09. The molecule has 5 nitrogen and oxygen atoms in total. The standard InChI is InChI=1S/C19H18N4O/c1-11(2)23-16-8-7-13(9-15(16)21-22-23)19-20-18-14-6-4-3-5-12(14)10-17(18)24-19/h3-9,11,17-18H,10H2,1-2H3. The number of aromatic nitrogens is 3. The van der Waals surface area contributed by atoms with Crippen molar-refractivity contribution in [3.05, 3.63) is 59.2 Å². The van der Waals surface area contributed by atoms with Crippen molar-refractivity contribution < 1.29 is 4.74 Å². The summed E-state index contributed by atoms with van der Waals surface area (Å²) in [4.78, 5) is 4.85. The van der Waals surface area contributed by atoms with Crippen LogP contribution in [0.3, 0.4) is 0 Å². The Balaban J connectivity index is 1.53. The molecule has 2 aromatic carbocycles. The van der Waals surface area contributed by atoms with E-state index in [2.05, 4.69) is 60.6 Å². The summed E-state index contributed by atoms with van der Waals surface area (Å²) in [6.45, 7) is 4.20. The fourth-order valence-electron chi connectivity index (χ4n) is 3.70. The van der Waals surface area contributed by atoms with E-state index in [0.717, 1.165) is 28.9 Å². The molecule has 0 saturated carbocycles. The molecule has 0 amide bonds. The highest BCUT2D eigenvalue weighted by Gasteiger charge is 2.39. The molecule has 3 aromatic rings. The van der Waals surface area contributed by atoms with Crippen LogP contribution in [0, 0.1) is 0 Å². The molecular weight excluding hydrogens is 300 g/mol. The van der Waals surface area contributed by atoms with Crippen LogP contribution in [0.15, 0.2) is 47.5 Å². The summed E-state index contributed by atoms with van der Waals surface area (Å²) < 4.78 is 8.08. The van der Waals surface area contributed by atoms with Gasteiger partial charge in [-0.25, -0.2) is 9.67 Å². The van der Waals surface area contributed by atoms with Gasteiger partial charge in [0, 0.05) is 18.0 Å². The molecule has 24 heavy (non-hydrogen) atoms. The van der Waals surface area contributed by atoms with Crippen molar-refractivity contribution in [2.45, 2.75) is 38.5 Å². The molecule has 0 saturated heterocycles. The first kappa shape index (κ1) is 13.7. The van der Waals surface area contributed by atoms with Crippen molar-refractivity contribution in [1.82, 2.24) is 15.0 Å². The van der Waals surface area contributed by atoms with Crippen molar-refractivity contribution in [3.63, 3.8) is 0 Å². The zero-order valence-electron chi connectivity index (χ0n) is 13.7. The average molecular weight is 318 g/mol. The second-order valence-corrected chi connectivity index (χ2v) is 6.77. The van der Waals surface area contributed by atoms with E-state index in [1.165, 1.54) is 11.1 Å². The zero-order chi connectivity index (χ0) is 16.3. The lowest BCUT2D eigenvalue weighted by atomic mass is 10.1. The number of nitrogens with zero attached hydrogens (tertiary/aromatic N) is 4. The van der Waals surface area contributed by atoms with E-state index in [1.54, 1.807) is 0 Å². The molecule has 1 aliphatic carbocycles. The van der Waals surface area contributed by atoms with E-state index >= 15 is 0 Å². The first-order valence-electron chi connectivity index (χ1n) is 8.38. The van der Waals surface area contributed by atoms with Crippen molar-refractivity contribution in [2.24, 2.45) is 4.99 Å². The smallest absolute Gasteiger partial charge is 0.217 e. The predicted molar refractivity (Wildman–Crippen MR) is 92.2 cm³/mol. The van der Waals surface area contributed by atoms with Crippen LogP contribution in [0.2, 0.25) is 0 Å². The van der Waals surface area contributed by atoms with Gasteiger partial charge in [0.25, 0.3) is 0 Å². The van der Waals surface area contributed by atoms with E-state index in [1.807, 2.05) is 10.7 Å². The maximum Gasteiger partial charge on any atom is 0.217 e. The second kappa shape index (κ2) is 4.90. The van der Waals surface area contributed by atoms with Crippen molar-refractivity contribution in [3.8, 4) is 0 Å². The topological polar surface area (TPSA) is 52.3 Å². The van der Waals surface area contributed by atoms with Crippen LogP contribution < -0.4 is 0 Å². The Kier molecular flexibility index (Phi) is 2.80. The third kappa shape index (κ3) is 1.90. The van der Waals surface area contributed by atoms with Crippen LogP contribution in [-0.2, 0) is 11.2 Å². The molecule has 1 aromatic heterocycles. The maximum absolute atomic E-state index is 6.15. The van der Waals surface area contributed by atoms with Gasteiger partial charge in [-0.05, 0) is 43.2 Å². The maximum atomic E-state index is 6.15. The molecule has 5 heteroatoms. The van der Waals surface area contributed by atoms with Crippen LogP contribution in [0.25, 0.3) is 11.0 Å². The molecule has 0 radical (unpaired) electrons. The second-order valence-electron chi connectivity index (χ2n) is 6.77. The number of ether oxygens (including phenoxy) is 1. The molecule has 2 unspecified atom stereocenters. The van der Waals surface area contributed by atoms with Gasteiger partial charge in [0.05, 0.1) is 5.52 Å². The first-order chi connectivity index (χ1) is 11.7. The fraction of sp³-hybridized carbons (Fsp3) is 0.316. The van der Waals surface area contributed by atoms with Gasteiger partial charge >= 0.3 is 0 Å². The fourth-order valence-corrected chi connectivity index (χ4v) is 3.70. The van der Waals surface area contributed by atoms with Gasteiger partial charge in [-0.2, -0.15) is 0 Å². The van der Waals surface area contributed by atoms with Gasteiger partial charge in [0.1, 0.15) is 17.7 Å². The van der Waals surface area contributed by atoms with Gasteiger partial charge in [0.2, 0.25) is 5.90 Å². The third-order valence-corrected chi connectivity index (χ3v) is 4.87. The van der Waals surface area contributed by atoms with E-state index in [-0.39, 0.29) is 18.2 Å². The zero-order valence-corrected chi connectivity index (χ0v) is 13.7. The van der Waals surface area contributed by atoms with Crippen molar-refractivity contribution in [1.29, 1.82) is 0 Å². The molecule has 0 fully saturated rings. The molecule has 5 rings (SSSR count). The summed E-state index contributed by atoms with van der Waals surface area (Å²) in [5.74, 6) is 0.723. The summed E-state index contributed by atoms with van der Waals surface area (Å²) in [7, 11) is 0.